The van der Waals surface area contributed by atoms with Gasteiger partial charge in [0.15, 0.2) is 0 Å². The maximum Gasteiger partial charge on any atom is 0.270 e. The lowest BCUT2D eigenvalue weighted by molar-refractivity contribution is 0.0923. The van der Waals surface area contributed by atoms with Gasteiger partial charge in [-0.15, -0.1) is 0 Å². The molecule has 1 aliphatic rings. The average molecular weight is 550 g/mol. The second-order valence-electron chi connectivity index (χ2n) is 10.5. The first-order valence-electron chi connectivity index (χ1n) is 14.0. The third-order valence-corrected chi connectivity index (χ3v) is 7.40. The number of nitrogens with zero attached hydrogens (tertiary/aromatic N) is 2. The van der Waals surface area contributed by atoms with Crippen LogP contribution in [0.3, 0.4) is 0 Å². The van der Waals surface area contributed by atoms with Crippen molar-refractivity contribution in [2.45, 2.75) is 58.4 Å². The Bertz CT molecular complexity index is 1270. The molecule has 0 spiro atoms. The van der Waals surface area contributed by atoms with Gasteiger partial charge in [0.25, 0.3) is 5.91 Å². The van der Waals surface area contributed by atoms with E-state index in [9.17, 15) is 4.79 Å². The van der Waals surface area contributed by atoms with Crippen LogP contribution in [0, 0.1) is 6.92 Å². The fourth-order valence-corrected chi connectivity index (χ4v) is 5.17. The third-order valence-electron chi connectivity index (χ3n) is 7.09. The summed E-state index contributed by atoms with van der Waals surface area (Å²) < 4.78 is 11.9. The van der Waals surface area contributed by atoms with E-state index < -0.39 is 0 Å². The molecule has 1 saturated carbocycles. The summed E-state index contributed by atoms with van der Waals surface area (Å²) in [7, 11) is 4.08. The molecule has 4 rings (SSSR count). The number of aromatic nitrogens is 1. The van der Waals surface area contributed by atoms with Crippen LogP contribution in [0.2, 0.25) is 5.02 Å². The Morgan fingerprint density at radius 1 is 1.03 bits per heavy atom. The first-order chi connectivity index (χ1) is 18.9. The molecular formula is C32H40ClN3O3. The van der Waals surface area contributed by atoms with Crippen molar-refractivity contribution < 1.29 is 14.3 Å². The molecule has 7 heteroatoms. The molecule has 1 fully saturated rings. The molecule has 6 nitrogen and oxygen atoms in total. The van der Waals surface area contributed by atoms with Crippen LogP contribution in [0.15, 0.2) is 48.5 Å². The second-order valence-corrected chi connectivity index (χ2v) is 10.9. The van der Waals surface area contributed by atoms with Gasteiger partial charge < -0.3 is 19.7 Å². The Labute approximate surface area is 237 Å². The highest BCUT2D eigenvalue weighted by molar-refractivity contribution is 6.32. The Morgan fingerprint density at radius 2 is 1.82 bits per heavy atom. The van der Waals surface area contributed by atoms with Gasteiger partial charge in [-0.05, 0) is 94.7 Å². The zero-order chi connectivity index (χ0) is 27.8. The Balaban J connectivity index is 1.73. The van der Waals surface area contributed by atoms with Gasteiger partial charge in [-0.25, -0.2) is 4.98 Å². The summed E-state index contributed by atoms with van der Waals surface area (Å²) in [6, 6.07) is 15.8. The number of rotatable bonds is 11. The number of hydrogen-bond acceptors (Lipinski definition) is 5. The SMILES string of the molecule is CCOc1ccc(C)c(-c2ccc(C(=O)NC3CCCCC3)nc2-c2ccc(Cl)c(OCCCN(C)C)c2)c1. The number of hydrogen-bond donors (Lipinski definition) is 1. The lowest BCUT2D eigenvalue weighted by Crippen LogP contribution is -2.36. The van der Waals surface area contributed by atoms with Gasteiger partial charge in [0.1, 0.15) is 17.2 Å². The van der Waals surface area contributed by atoms with Crippen LogP contribution < -0.4 is 14.8 Å². The number of halogens is 1. The van der Waals surface area contributed by atoms with Crippen molar-refractivity contribution in [3.8, 4) is 33.9 Å². The van der Waals surface area contributed by atoms with Gasteiger partial charge in [-0.1, -0.05) is 43.0 Å². The van der Waals surface area contributed by atoms with Crippen molar-refractivity contribution in [1.29, 1.82) is 0 Å². The summed E-state index contributed by atoms with van der Waals surface area (Å²) in [4.78, 5) is 20.3. The number of amides is 1. The zero-order valence-electron chi connectivity index (χ0n) is 23.6. The monoisotopic (exact) mass is 549 g/mol. The fourth-order valence-electron chi connectivity index (χ4n) is 5.00. The maximum atomic E-state index is 13.3. The van der Waals surface area contributed by atoms with Crippen LogP contribution in [-0.4, -0.2) is 55.7 Å². The lowest BCUT2D eigenvalue weighted by atomic mass is 9.94. The summed E-state index contributed by atoms with van der Waals surface area (Å²) in [5.74, 6) is 1.27. The van der Waals surface area contributed by atoms with E-state index in [0.29, 0.717) is 35.4 Å². The molecule has 1 aromatic heterocycles. The molecular weight excluding hydrogens is 510 g/mol. The summed E-state index contributed by atoms with van der Waals surface area (Å²) in [5.41, 5.74) is 4.97. The van der Waals surface area contributed by atoms with E-state index in [1.807, 2.05) is 63.5 Å². The van der Waals surface area contributed by atoms with Crippen molar-refractivity contribution in [1.82, 2.24) is 15.2 Å². The van der Waals surface area contributed by atoms with Crippen molar-refractivity contribution in [3.63, 3.8) is 0 Å². The van der Waals surface area contributed by atoms with E-state index >= 15 is 0 Å². The first kappa shape index (κ1) is 28.9. The number of nitrogens with one attached hydrogen (secondary N) is 1. The van der Waals surface area contributed by atoms with Crippen molar-refractivity contribution in [3.05, 3.63) is 64.8 Å². The molecule has 0 saturated heterocycles. The minimum Gasteiger partial charge on any atom is -0.494 e. The molecule has 0 radical (unpaired) electrons. The predicted molar refractivity (Wildman–Crippen MR) is 159 cm³/mol. The summed E-state index contributed by atoms with van der Waals surface area (Å²) >= 11 is 6.52. The highest BCUT2D eigenvalue weighted by Gasteiger charge is 2.21. The standard InChI is InChI=1S/C32H40ClN3O3/c1-5-38-25-14-12-22(2)27(21-25)26-15-17-29(32(37)34-24-10-7-6-8-11-24)35-31(26)23-13-16-28(33)30(20-23)39-19-9-18-36(3)4/h12-17,20-21,24H,5-11,18-19H2,1-4H3,(H,34,37). The van der Waals surface area contributed by atoms with Crippen molar-refractivity contribution in [2.24, 2.45) is 0 Å². The number of carbonyl (C=O) groups is 1. The smallest absolute Gasteiger partial charge is 0.270 e. The summed E-state index contributed by atoms with van der Waals surface area (Å²) in [6.07, 6.45) is 6.47. The number of pyridine rings is 1. The van der Waals surface area contributed by atoms with E-state index in [0.717, 1.165) is 66.7 Å². The third kappa shape index (κ3) is 7.74. The molecule has 2 aromatic carbocycles. The van der Waals surface area contributed by atoms with Gasteiger partial charge in [0.2, 0.25) is 0 Å². The van der Waals surface area contributed by atoms with E-state index in [1.54, 1.807) is 0 Å². The lowest BCUT2D eigenvalue weighted by Gasteiger charge is -2.23. The van der Waals surface area contributed by atoms with Crippen LogP contribution >= 0.6 is 11.6 Å². The highest BCUT2D eigenvalue weighted by atomic mass is 35.5. The average Bonchev–Trinajstić information content (AvgIpc) is 2.93. The Morgan fingerprint density at radius 3 is 2.56 bits per heavy atom. The molecule has 3 aromatic rings. The van der Waals surface area contributed by atoms with Gasteiger partial charge in [-0.2, -0.15) is 0 Å². The molecule has 0 bridgehead atoms. The fraction of sp³-hybridized carbons (Fsp3) is 0.438. The molecule has 0 atom stereocenters. The number of benzene rings is 2. The molecule has 39 heavy (non-hydrogen) atoms. The number of carbonyl (C=O) groups excluding carboxylic acids is 1. The van der Waals surface area contributed by atoms with Crippen LogP contribution in [0.4, 0.5) is 0 Å². The van der Waals surface area contributed by atoms with Crippen molar-refractivity contribution >= 4 is 17.5 Å². The van der Waals surface area contributed by atoms with E-state index in [-0.39, 0.29) is 11.9 Å². The highest BCUT2D eigenvalue weighted by Crippen LogP contribution is 2.38. The minimum atomic E-state index is -0.136. The van der Waals surface area contributed by atoms with Crippen LogP contribution in [0.25, 0.3) is 22.4 Å². The summed E-state index contributed by atoms with van der Waals surface area (Å²) in [5, 5.41) is 3.75. The van der Waals surface area contributed by atoms with Gasteiger partial charge in [0, 0.05) is 23.7 Å². The van der Waals surface area contributed by atoms with Crippen LogP contribution in [-0.2, 0) is 0 Å². The van der Waals surface area contributed by atoms with E-state index in [2.05, 4.69) is 23.2 Å². The molecule has 1 amide bonds. The Hall–Kier alpha value is -3.09. The molecule has 0 aliphatic heterocycles. The Kier molecular flexibility index (Phi) is 10.2. The van der Waals surface area contributed by atoms with Gasteiger partial charge in [-0.3, -0.25) is 4.79 Å². The largest absolute Gasteiger partial charge is 0.494 e. The quantitative estimate of drug-likeness (QED) is 0.257. The molecule has 1 heterocycles. The first-order valence-corrected chi connectivity index (χ1v) is 14.4. The van der Waals surface area contributed by atoms with Gasteiger partial charge >= 0.3 is 0 Å². The summed E-state index contributed by atoms with van der Waals surface area (Å²) in [6.45, 7) is 6.11. The number of ether oxygens (including phenoxy) is 2. The van der Waals surface area contributed by atoms with E-state index in [1.165, 1.54) is 6.42 Å². The van der Waals surface area contributed by atoms with Crippen molar-refractivity contribution in [2.75, 3.05) is 33.9 Å². The zero-order valence-corrected chi connectivity index (χ0v) is 24.3. The normalized spacial score (nSPS) is 13.9. The predicted octanol–water partition coefficient (Wildman–Crippen LogP) is 7.17. The van der Waals surface area contributed by atoms with Crippen LogP contribution in [0.5, 0.6) is 11.5 Å². The maximum absolute atomic E-state index is 13.3. The number of aryl methyl sites for hydroxylation is 1. The van der Waals surface area contributed by atoms with Gasteiger partial charge in [0.05, 0.1) is 23.9 Å². The topological polar surface area (TPSA) is 63.7 Å². The van der Waals surface area contributed by atoms with Crippen LogP contribution in [0.1, 0.15) is 61.5 Å². The molecule has 208 valence electrons. The molecule has 0 unspecified atom stereocenters. The second kappa shape index (κ2) is 13.8. The minimum absolute atomic E-state index is 0.136. The van der Waals surface area contributed by atoms with E-state index in [4.69, 9.17) is 26.1 Å². The molecule has 1 aliphatic carbocycles. The molecule has 1 N–H and O–H groups in total.